The first-order chi connectivity index (χ1) is 7.86. The SMILES string of the molecule is C#CCCCOc1ccc(C=O)cn1.CO. The Balaban J connectivity index is 0.00000106. The van der Waals surface area contributed by atoms with E-state index in [4.69, 9.17) is 16.3 Å². The van der Waals surface area contributed by atoms with Gasteiger partial charge < -0.3 is 9.84 Å². The summed E-state index contributed by atoms with van der Waals surface area (Å²) >= 11 is 0. The third kappa shape index (κ3) is 5.78. The van der Waals surface area contributed by atoms with Crippen LogP contribution in [0.3, 0.4) is 0 Å². The van der Waals surface area contributed by atoms with Gasteiger partial charge in [0, 0.05) is 31.4 Å². The summed E-state index contributed by atoms with van der Waals surface area (Å²) < 4.78 is 5.28. The van der Waals surface area contributed by atoms with Gasteiger partial charge in [0.15, 0.2) is 6.29 Å². The monoisotopic (exact) mass is 221 g/mol. The lowest BCUT2D eigenvalue weighted by molar-refractivity contribution is 0.112. The van der Waals surface area contributed by atoms with Gasteiger partial charge in [-0.25, -0.2) is 4.98 Å². The molecule has 4 heteroatoms. The van der Waals surface area contributed by atoms with Crippen LogP contribution >= 0.6 is 0 Å². The fourth-order valence-electron chi connectivity index (χ4n) is 0.898. The van der Waals surface area contributed by atoms with Crippen molar-refractivity contribution in [1.82, 2.24) is 4.98 Å². The van der Waals surface area contributed by atoms with Crippen molar-refractivity contribution in [2.75, 3.05) is 13.7 Å². The van der Waals surface area contributed by atoms with Gasteiger partial charge in [-0.2, -0.15) is 0 Å². The Morgan fingerprint density at radius 1 is 1.56 bits per heavy atom. The molecule has 0 aliphatic carbocycles. The molecule has 0 aliphatic rings. The third-order valence-corrected chi connectivity index (χ3v) is 1.61. The Labute approximate surface area is 95.3 Å². The molecule has 0 bridgehead atoms. The van der Waals surface area contributed by atoms with Crippen LogP contribution in [0.4, 0.5) is 0 Å². The van der Waals surface area contributed by atoms with Crippen molar-refractivity contribution in [3.05, 3.63) is 23.9 Å². The summed E-state index contributed by atoms with van der Waals surface area (Å²) in [6, 6.07) is 3.33. The number of terminal acetylenes is 1. The van der Waals surface area contributed by atoms with Crippen LogP contribution in [0.5, 0.6) is 5.88 Å². The van der Waals surface area contributed by atoms with Gasteiger partial charge in [-0.3, -0.25) is 4.79 Å². The minimum absolute atomic E-state index is 0.521. The van der Waals surface area contributed by atoms with E-state index in [1.807, 2.05) is 0 Å². The maximum absolute atomic E-state index is 10.3. The number of nitrogens with zero attached hydrogens (tertiary/aromatic N) is 1. The van der Waals surface area contributed by atoms with Crippen molar-refractivity contribution in [3.63, 3.8) is 0 Å². The van der Waals surface area contributed by atoms with Crippen molar-refractivity contribution in [1.29, 1.82) is 0 Å². The molecule has 0 radical (unpaired) electrons. The van der Waals surface area contributed by atoms with Crippen molar-refractivity contribution in [2.45, 2.75) is 12.8 Å². The molecule has 16 heavy (non-hydrogen) atoms. The topological polar surface area (TPSA) is 59.4 Å². The quantitative estimate of drug-likeness (QED) is 0.462. The second kappa shape index (κ2) is 9.69. The van der Waals surface area contributed by atoms with Crippen LogP contribution in [-0.4, -0.2) is 30.1 Å². The first-order valence-corrected chi connectivity index (χ1v) is 4.79. The Kier molecular flexibility index (Phi) is 8.56. The van der Waals surface area contributed by atoms with Crippen LogP contribution in [0.1, 0.15) is 23.2 Å². The van der Waals surface area contributed by atoms with Crippen LogP contribution in [0.15, 0.2) is 18.3 Å². The highest BCUT2D eigenvalue weighted by Gasteiger charge is 1.95. The second-order valence-corrected chi connectivity index (χ2v) is 2.70. The number of aliphatic hydroxyl groups excluding tert-OH is 1. The number of aliphatic hydroxyl groups is 1. The highest BCUT2D eigenvalue weighted by atomic mass is 16.5. The Morgan fingerprint density at radius 2 is 2.31 bits per heavy atom. The molecule has 86 valence electrons. The second-order valence-electron chi connectivity index (χ2n) is 2.70. The van der Waals surface area contributed by atoms with E-state index in [1.54, 1.807) is 12.1 Å². The smallest absolute Gasteiger partial charge is 0.213 e. The van der Waals surface area contributed by atoms with Gasteiger partial charge in [0.05, 0.1) is 6.61 Å². The van der Waals surface area contributed by atoms with Crippen molar-refractivity contribution in [3.8, 4) is 18.2 Å². The van der Waals surface area contributed by atoms with Crippen LogP contribution < -0.4 is 4.74 Å². The molecule has 0 amide bonds. The van der Waals surface area contributed by atoms with Gasteiger partial charge in [0.25, 0.3) is 0 Å². The number of pyridine rings is 1. The molecule has 0 spiro atoms. The molecule has 0 saturated carbocycles. The van der Waals surface area contributed by atoms with Gasteiger partial charge >= 0.3 is 0 Å². The molecule has 1 aromatic heterocycles. The molecule has 1 N–H and O–H groups in total. The van der Waals surface area contributed by atoms with E-state index in [1.165, 1.54) is 6.20 Å². The number of carbonyl (C=O) groups excluding carboxylic acids is 1. The summed E-state index contributed by atoms with van der Waals surface area (Å²) in [6.07, 6.45) is 8.82. The molecule has 4 nitrogen and oxygen atoms in total. The minimum Gasteiger partial charge on any atom is -0.478 e. The number of aromatic nitrogens is 1. The lowest BCUT2D eigenvalue weighted by Crippen LogP contribution is -1.98. The number of rotatable bonds is 5. The molecule has 1 heterocycles. The summed E-state index contributed by atoms with van der Waals surface area (Å²) in [5.74, 6) is 3.05. The number of hydrogen-bond acceptors (Lipinski definition) is 4. The third-order valence-electron chi connectivity index (χ3n) is 1.61. The van der Waals surface area contributed by atoms with E-state index in [-0.39, 0.29) is 0 Å². The Bertz CT molecular complexity index is 327. The Hall–Kier alpha value is -1.86. The van der Waals surface area contributed by atoms with Gasteiger partial charge in [-0.05, 0) is 12.5 Å². The zero-order chi connectivity index (χ0) is 12.2. The van der Waals surface area contributed by atoms with E-state index < -0.39 is 0 Å². The first-order valence-electron chi connectivity index (χ1n) is 4.79. The molecule has 1 aromatic rings. The molecular formula is C12H15NO3. The molecular weight excluding hydrogens is 206 g/mol. The van der Waals surface area contributed by atoms with Crippen LogP contribution in [0, 0.1) is 12.3 Å². The predicted molar refractivity (Wildman–Crippen MR) is 61.3 cm³/mol. The molecule has 0 aromatic carbocycles. The highest BCUT2D eigenvalue weighted by molar-refractivity contribution is 5.73. The summed E-state index contributed by atoms with van der Waals surface area (Å²) in [5.41, 5.74) is 0.543. The summed E-state index contributed by atoms with van der Waals surface area (Å²) in [6.45, 7) is 0.553. The zero-order valence-corrected chi connectivity index (χ0v) is 9.22. The number of hydrogen-bond donors (Lipinski definition) is 1. The Morgan fingerprint density at radius 3 is 2.81 bits per heavy atom. The van der Waals surface area contributed by atoms with Crippen molar-refractivity contribution in [2.24, 2.45) is 0 Å². The van der Waals surface area contributed by atoms with E-state index in [2.05, 4.69) is 10.9 Å². The number of unbranched alkanes of at least 4 members (excludes halogenated alkanes) is 1. The summed E-state index contributed by atoms with van der Waals surface area (Å²) in [4.78, 5) is 14.3. The van der Waals surface area contributed by atoms with Crippen molar-refractivity contribution < 1.29 is 14.6 Å². The lowest BCUT2D eigenvalue weighted by atomic mass is 10.3. The van der Waals surface area contributed by atoms with Gasteiger partial charge in [0.1, 0.15) is 0 Å². The molecule has 0 unspecified atom stereocenters. The van der Waals surface area contributed by atoms with E-state index in [0.29, 0.717) is 24.5 Å². The van der Waals surface area contributed by atoms with Gasteiger partial charge in [0.2, 0.25) is 5.88 Å². The molecule has 1 rings (SSSR count). The van der Waals surface area contributed by atoms with Gasteiger partial charge in [-0.1, -0.05) is 0 Å². The molecule has 0 atom stereocenters. The average molecular weight is 221 g/mol. The molecule has 0 aliphatic heterocycles. The average Bonchev–Trinajstić information content (AvgIpc) is 2.38. The fourth-order valence-corrected chi connectivity index (χ4v) is 0.898. The number of aldehydes is 1. The molecule has 0 fully saturated rings. The van der Waals surface area contributed by atoms with E-state index >= 15 is 0 Å². The standard InChI is InChI=1S/C11H11NO2.CH4O/c1-2-3-4-7-14-11-6-5-10(9-13)8-12-11;1-2/h1,5-6,8-9H,3-4,7H2;2H,1H3. The van der Waals surface area contributed by atoms with E-state index in [9.17, 15) is 4.79 Å². The normalized spacial score (nSPS) is 8.31. The predicted octanol–water partition coefficient (Wildman–Crippen LogP) is 1.29. The largest absolute Gasteiger partial charge is 0.478 e. The maximum Gasteiger partial charge on any atom is 0.213 e. The van der Waals surface area contributed by atoms with Crippen LogP contribution in [0.2, 0.25) is 0 Å². The van der Waals surface area contributed by atoms with Crippen molar-refractivity contribution >= 4 is 6.29 Å². The lowest BCUT2D eigenvalue weighted by Gasteiger charge is -2.02. The summed E-state index contributed by atoms with van der Waals surface area (Å²) in [5, 5.41) is 7.00. The minimum atomic E-state index is 0.521. The van der Waals surface area contributed by atoms with Crippen LogP contribution in [0.25, 0.3) is 0 Å². The molecule has 0 saturated heterocycles. The zero-order valence-electron chi connectivity index (χ0n) is 9.22. The van der Waals surface area contributed by atoms with Gasteiger partial charge in [-0.15, -0.1) is 12.3 Å². The van der Waals surface area contributed by atoms with Crippen LogP contribution in [-0.2, 0) is 0 Å². The van der Waals surface area contributed by atoms with E-state index in [0.717, 1.165) is 19.8 Å². The summed E-state index contributed by atoms with van der Waals surface area (Å²) in [7, 11) is 1.00. The fraction of sp³-hybridized carbons (Fsp3) is 0.333. The maximum atomic E-state index is 10.3. The number of ether oxygens (including phenoxy) is 1. The number of carbonyl (C=O) groups is 1. The highest BCUT2D eigenvalue weighted by Crippen LogP contribution is 2.06. The first kappa shape index (κ1) is 14.1.